The molecule has 2 amide bonds. The zero-order valence-corrected chi connectivity index (χ0v) is 18.4. The molecule has 0 aromatic heterocycles. The fraction of sp³-hybridized carbons (Fsp3) is 0.333. The lowest BCUT2D eigenvalue weighted by Crippen LogP contribution is -2.45. The summed E-state index contributed by atoms with van der Waals surface area (Å²) in [5.41, 5.74) is 1.66. The predicted octanol–water partition coefficient (Wildman–Crippen LogP) is 2.45. The Bertz CT molecular complexity index is 1150. The highest BCUT2D eigenvalue weighted by Crippen LogP contribution is 2.36. The van der Waals surface area contributed by atoms with Gasteiger partial charge in [-0.15, -0.1) is 0 Å². The van der Waals surface area contributed by atoms with E-state index in [1.54, 1.807) is 31.2 Å². The number of aryl methyl sites for hydroxylation is 1. The number of nitrogens with zero attached hydrogens (tertiary/aromatic N) is 1. The second-order valence-corrected chi connectivity index (χ2v) is 9.80. The van der Waals surface area contributed by atoms with Crippen LogP contribution >= 0.6 is 11.6 Å². The average Bonchev–Trinajstić information content (AvgIpc) is 3.23. The summed E-state index contributed by atoms with van der Waals surface area (Å²) in [5, 5.41) is 6.01. The molecule has 0 radical (unpaired) electrons. The quantitative estimate of drug-likeness (QED) is 0.708. The van der Waals surface area contributed by atoms with Crippen LogP contribution in [0.3, 0.4) is 0 Å². The lowest BCUT2D eigenvalue weighted by molar-refractivity contribution is -0.124. The molecule has 2 aliphatic rings. The minimum Gasteiger partial charge on any atom is -0.482 e. The van der Waals surface area contributed by atoms with Crippen LogP contribution in [0.25, 0.3) is 0 Å². The minimum atomic E-state index is -3.95. The summed E-state index contributed by atoms with van der Waals surface area (Å²) in [6, 6.07) is 9.35. The number of amides is 2. The highest BCUT2D eigenvalue weighted by molar-refractivity contribution is 7.89. The zero-order valence-electron chi connectivity index (χ0n) is 16.9. The van der Waals surface area contributed by atoms with Gasteiger partial charge in [-0.3, -0.25) is 9.59 Å². The first-order chi connectivity index (χ1) is 14.8. The number of carbonyl (C=O) groups excluding carboxylic acids is 2. The summed E-state index contributed by atoms with van der Waals surface area (Å²) in [4.78, 5) is 24.4. The molecule has 2 heterocycles. The third kappa shape index (κ3) is 4.26. The number of halogens is 1. The Balaban J connectivity index is 1.56. The van der Waals surface area contributed by atoms with Gasteiger partial charge in [0.15, 0.2) is 6.61 Å². The molecule has 31 heavy (non-hydrogen) atoms. The molecule has 8 nitrogen and oxygen atoms in total. The molecule has 0 aliphatic carbocycles. The molecular weight excluding hydrogens is 442 g/mol. The monoisotopic (exact) mass is 463 g/mol. The molecule has 2 aromatic carbocycles. The Morgan fingerprint density at radius 2 is 2.10 bits per heavy atom. The fourth-order valence-electron chi connectivity index (χ4n) is 3.85. The summed E-state index contributed by atoms with van der Waals surface area (Å²) in [6.45, 7) is 1.94. The summed E-state index contributed by atoms with van der Waals surface area (Å²) < 4.78 is 33.5. The van der Waals surface area contributed by atoms with Gasteiger partial charge in [0.05, 0.1) is 10.6 Å². The van der Waals surface area contributed by atoms with Crippen LogP contribution < -0.4 is 15.4 Å². The number of fused-ring (bicyclic) bond motifs is 1. The average molecular weight is 464 g/mol. The van der Waals surface area contributed by atoms with Crippen molar-refractivity contribution in [1.82, 2.24) is 9.62 Å². The number of nitrogens with one attached hydrogen (secondary N) is 2. The van der Waals surface area contributed by atoms with E-state index in [9.17, 15) is 18.0 Å². The van der Waals surface area contributed by atoms with Crippen LogP contribution in [-0.2, 0) is 26.2 Å². The maximum absolute atomic E-state index is 13.4. The highest BCUT2D eigenvalue weighted by atomic mass is 35.5. The van der Waals surface area contributed by atoms with Gasteiger partial charge in [-0.1, -0.05) is 29.8 Å². The van der Waals surface area contributed by atoms with Crippen molar-refractivity contribution in [3.8, 4) is 5.75 Å². The lowest BCUT2D eigenvalue weighted by atomic mass is 10.2. The van der Waals surface area contributed by atoms with Gasteiger partial charge in [0.1, 0.15) is 11.8 Å². The van der Waals surface area contributed by atoms with E-state index in [0.29, 0.717) is 34.9 Å². The standard InChI is InChI=1S/C21H22ClN3O5S/c1-13-9-16-18(30-12-20(26)24-16)10-19(13)31(28,29)25-8-4-7-17(25)21(27)23-11-14-5-2-3-6-15(14)22/h2-3,5-6,9-10,17H,4,7-8,11-12H2,1H3,(H,23,27)(H,24,26). The van der Waals surface area contributed by atoms with Crippen molar-refractivity contribution in [1.29, 1.82) is 0 Å². The van der Waals surface area contributed by atoms with E-state index in [2.05, 4.69) is 10.6 Å². The first-order valence-corrected chi connectivity index (χ1v) is 11.7. The van der Waals surface area contributed by atoms with E-state index in [1.807, 2.05) is 6.07 Å². The summed E-state index contributed by atoms with van der Waals surface area (Å²) >= 11 is 6.14. The number of rotatable bonds is 5. The second kappa shape index (κ2) is 8.49. The van der Waals surface area contributed by atoms with Crippen molar-refractivity contribution < 1.29 is 22.7 Å². The van der Waals surface area contributed by atoms with Crippen molar-refractivity contribution in [2.45, 2.75) is 37.2 Å². The molecule has 0 saturated carbocycles. The molecular formula is C21H22ClN3O5S. The summed E-state index contributed by atoms with van der Waals surface area (Å²) in [6.07, 6.45) is 1.02. The van der Waals surface area contributed by atoms with Gasteiger partial charge in [0, 0.05) is 24.2 Å². The van der Waals surface area contributed by atoms with Gasteiger partial charge in [0.25, 0.3) is 5.91 Å². The number of hydrogen-bond donors (Lipinski definition) is 2. The number of carbonyl (C=O) groups is 2. The molecule has 1 unspecified atom stereocenters. The van der Waals surface area contributed by atoms with Crippen LogP contribution in [0.2, 0.25) is 5.02 Å². The van der Waals surface area contributed by atoms with E-state index < -0.39 is 16.1 Å². The Morgan fingerprint density at radius 3 is 2.87 bits per heavy atom. The van der Waals surface area contributed by atoms with Gasteiger partial charge in [-0.25, -0.2) is 8.42 Å². The van der Waals surface area contributed by atoms with Gasteiger partial charge in [-0.05, 0) is 43.0 Å². The van der Waals surface area contributed by atoms with E-state index in [1.165, 1.54) is 10.4 Å². The highest BCUT2D eigenvalue weighted by Gasteiger charge is 2.40. The molecule has 164 valence electrons. The molecule has 10 heteroatoms. The third-order valence-electron chi connectivity index (χ3n) is 5.41. The topological polar surface area (TPSA) is 105 Å². The number of hydrogen-bond acceptors (Lipinski definition) is 5. The smallest absolute Gasteiger partial charge is 0.262 e. The number of anilines is 1. The van der Waals surface area contributed by atoms with Crippen LogP contribution in [0.15, 0.2) is 41.3 Å². The number of sulfonamides is 1. The van der Waals surface area contributed by atoms with Gasteiger partial charge >= 0.3 is 0 Å². The molecule has 2 aliphatic heterocycles. The minimum absolute atomic E-state index is 0.0632. The van der Waals surface area contributed by atoms with E-state index in [4.69, 9.17) is 16.3 Å². The second-order valence-electron chi connectivity index (χ2n) is 7.53. The normalized spacial score (nSPS) is 18.8. The summed E-state index contributed by atoms with van der Waals surface area (Å²) in [7, 11) is -3.95. The first-order valence-electron chi connectivity index (χ1n) is 9.87. The Hall–Kier alpha value is -2.62. The molecule has 0 spiro atoms. The van der Waals surface area contributed by atoms with E-state index in [-0.39, 0.29) is 36.4 Å². The number of benzene rings is 2. The SMILES string of the molecule is Cc1cc2c(cc1S(=O)(=O)N1CCCC1C(=O)NCc1ccccc1Cl)OCC(=O)N2. The van der Waals surface area contributed by atoms with Crippen LogP contribution in [0.1, 0.15) is 24.0 Å². The summed E-state index contributed by atoms with van der Waals surface area (Å²) in [5.74, 6) is -0.361. The van der Waals surface area contributed by atoms with Crippen LogP contribution in [-0.4, -0.2) is 43.7 Å². The number of ether oxygens (including phenoxy) is 1. The van der Waals surface area contributed by atoms with Crippen molar-refractivity contribution >= 4 is 39.1 Å². The molecule has 4 rings (SSSR count). The van der Waals surface area contributed by atoms with E-state index in [0.717, 1.165) is 5.56 Å². The molecule has 1 saturated heterocycles. The van der Waals surface area contributed by atoms with Crippen LogP contribution in [0.5, 0.6) is 5.75 Å². The Morgan fingerprint density at radius 1 is 1.32 bits per heavy atom. The maximum atomic E-state index is 13.4. The predicted molar refractivity (Wildman–Crippen MR) is 116 cm³/mol. The van der Waals surface area contributed by atoms with E-state index >= 15 is 0 Å². The van der Waals surface area contributed by atoms with Crippen molar-refractivity contribution in [3.05, 3.63) is 52.5 Å². The zero-order chi connectivity index (χ0) is 22.2. The Kier molecular flexibility index (Phi) is 5.92. The van der Waals surface area contributed by atoms with Crippen molar-refractivity contribution in [3.63, 3.8) is 0 Å². The van der Waals surface area contributed by atoms with Gasteiger partial charge in [0.2, 0.25) is 15.9 Å². The molecule has 2 aromatic rings. The third-order valence-corrected chi connectivity index (χ3v) is 7.83. The Labute approximate surface area is 185 Å². The van der Waals surface area contributed by atoms with Gasteiger partial charge < -0.3 is 15.4 Å². The van der Waals surface area contributed by atoms with Crippen LogP contribution in [0, 0.1) is 6.92 Å². The molecule has 2 N–H and O–H groups in total. The molecule has 1 atom stereocenters. The van der Waals surface area contributed by atoms with Gasteiger partial charge in [-0.2, -0.15) is 4.31 Å². The fourth-order valence-corrected chi connectivity index (χ4v) is 5.93. The van der Waals surface area contributed by atoms with Crippen molar-refractivity contribution in [2.24, 2.45) is 0 Å². The largest absolute Gasteiger partial charge is 0.482 e. The van der Waals surface area contributed by atoms with Crippen molar-refractivity contribution in [2.75, 3.05) is 18.5 Å². The molecule has 1 fully saturated rings. The first kappa shape index (κ1) is 21.6. The maximum Gasteiger partial charge on any atom is 0.262 e. The van der Waals surface area contributed by atoms with Crippen LogP contribution in [0.4, 0.5) is 5.69 Å². The molecule has 0 bridgehead atoms. The lowest BCUT2D eigenvalue weighted by Gasteiger charge is -2.26.